The van der Waals surface area contributed by atoms with E-state index in [0.29, 0.717) is 37.2 Å². The number of aromatic nitrogens is 2. The maximum absolute atomic E-state index is 13.0. The van der Waals surface area contributed by atoms with E-state index in [1.54, 1.807) is 30.3 Å². The van der Waals surface area contributed by atoms with E-state index in [-0.39, 0.29) is 10.6 Å². The third-order valence-electron chi connectivity index (χ3n) is 4.33. The molecule has 0 spiro atoms. The number of fused-ring (bicyclic) bond motifs is 1. The molecule has 3 aromatic rings. The van der Waals surface area contributed by atoms with Crippen LogP contribution in [0.15, 0.2) is 47.4 Å². The number of anilines is 1. The molecule has 130 valence electrons. The summed E-state index contributed by atoms with van der Waals surface area (Å²) in [6, 6.07) is 12.1. The first-order chi connectivity index (χ1) is 12.1. The van der Waals surface area contributed by atoms with Crippen LogP contribution in [-0.2, 0) is 10.0 Å². The van der Waals surface area contributed by atoms with Gasteiger partial charge in [0.1, 0.15) is 21.7 Å². The number of nitrogens with zero attached hydrogens (tertiary/aromatic N) is 4. The third kappa shape index (κ3) is 2.84. The predicted molar refractivity (Wildman–Crippen MR) is 96.5 cm³/mol. The second-order valence-electron chi connectivity index (χ2n) is 5.77. The van der Waals surface area contributed by atoms with E-state index >= 15 is 0 Å². The van der Waals surface area contributed by atoms with Crippen molar-refractivity contribution in [3.05, 3.63) is 42.5 Å². The molecule has 1 aliphatic heterocycles. The fourth-order valence-corrected chi connectivity index (χ4v) is 5.20. The number of phenolic OH excluding ortho intramolecular Hbond substituents is 1. The van der Waals surface area contributed by atoms with E-state index in [0.717, 1.165) is 17.4 Å². The van der Waals surface area contributed by atoms with Crippen LogP contribution in [-0.4, -0.2) is 52.8 Å². The molecule has 4 rings (SSSR count). The van der Waals surface area contributed by atoms with Crippen molar-refractivity contribution in [3.63, 3.8) is 0 Å². The maximum Gasteiger partial charge on any atom is 0.245 e. The topological polar surface area (TPSA) is 86.6 Å². The highest BCUT2D eigenvalue weighted by Crippen LogP contribution is 2.29. The summed E-state index contributed by atoms with van der Waals surface area (Å²) < 4.78 is 35.7. The van der Waals surface area contributed by atoms with E-state index < -0.39 is 10.0 Å². The van der Waals surface area contributed by atoms with Crippen molar-refractivity contribution in [2.45, 2.75) is 4.90 Å². The second-order valence-corrected chi connectivity index (χ2v) is 8.20. The average Bonchev–Trinajstić information content (AvgIpc) is 3.11. The van der Waals surface area contributed by atoms with Crippen LogP contribution < -0.4 is 4.90 Å². The summed E-state index contributed by atoms with van der Waals surface area (Å²) in [5.74, 6) is 0.206. The van der Waals surface area contributed by atoms with Crippen molar-refractivity contribution in [1.82, 2.24) is 13.1 Å². The fraction of sp³-hybridized carbons (Fsp3) is 0.250. The van der Waals surface area contributed by atoms with E-state index in [4.69, 9.17) is 0 Å². The summed E-state index contributed by atoms with van der Waals surface area (Å²) in [7, 11) is -3.63. The monoisotopic (exact) mass is 376 g/mol. The number of piperazine rings is 1. The van der Waals surface area contributed by atoms with Gasteiger partial charge >= 0.3 is 0 Å². The number of hydrogen-bond acceptors (Lipinski definition) is 7. The lowest BCUT2D eigenvalue weighted by atomic mass is 10.2. The Morgan fingerprint density at radius 1 is 0.960 bits per heavy atom. The van der Waals surface area contributed by atoms with Crippen LogP contribution in [0.3, 0.4) is 0 Å². The lowest BCUT2D eigenvalue weighted by Crippen LogP contribution is -2.48. The molecular weight excluding hydrogens is 360 g/mol. The van der Waals surface area contributed by atoms with Crippen molar-refractivity contribution in [3.8, 4) is 5.75 Å². The van der Waals surface area contributed by atoms with Crippen LogP contribution in [0, 0.1) is 0 Å². The van der Waals surface area contributed by atoms with Crippen molar-refractivity contribution in [2.24, 2.45) is 0 Å². The van der Waals surface area contributed by atoms with Gasteiger partial charge in [0.15, 0.2) is 0 Å². The molecule has 0 unspecified atom stereocenters. The number of rotatable bonds is 3. The molecule has 1 aliphatic rings. The van der Waals surface area contributed by atoms with Crippen molar-refractivity contribution in [2.75, 3.05) is 31.1 Å². The maximum atomic E-state index is 13.0. The molecule has 25 heavy (non-hydrogen) atoms. The van der Waals surface area contributed by atoms with E-state index in [1.165, 1.54) is 4.31 Å². The molecule has 0 saturated carbocycles. The zero-order chi connectivity index (χ0) is 17.4. The Hall–Kier alpha value is -2.23. The molecule has 1 saturated heterocycles. The van der Waals surface area contributed by atoms with Crippen LogP contribution >= 0.6 is 11.7 Å². The number of aromatic hydroxyl groups is 1. The van der Waals surface area contributed by atoms with Crippen LogP contribution in [0.2, 0.25) is 0 Å². The average molecular weight is 376 g/mol. The zero-order valence-electron chi connectivity index (χ0n) is 13.2. The third-order valence-corrected chi connectivity index (χ3v) is 6.80. The smallest absolute Gasteiger partial charge is 0.245 e. The van der Waals surface area contributed by atoms with Crippen molar-refractivity contribution < 1.29 is 13.5 Å². The molecule has 0 aliphatic carbocycles. The van der Waals surface area contributed by atoms with E-state index in [2.05, 4.69) is 8.75 Å². The first-order valence-electron chi connectivity index (χ1n) is 7.82. The van der Waals surface area contributed by atoms with Gasteiger partial charge in [-0.15, -0.1) is 0 Å². The summed E-state index contributed by atoms with van der Waals surface area (Å²) in [5, 5.41) is 9.97. The Morgan fingerprint density at radius 3 is 2.48 bits per heavy atom. The summed E-state index contributed by atoms with van der Waals surface area (Å²) in [4.78, 5) is 2.20. The Labute approximate surface area is 149 Å². The molecular formula is C16H16N4O3S2. The fourth-order valence-electron chi connectivity index (χ4n) is 3.03. The first-order valence-corrected chi connectivity index (χ1v) is 9.99. The van der Waals surface area contributed by atoms with Crippen LogP contribution in [0.1, 0.15) is 0 Å². The van der Waals surface area contributed by atoms with Gasteiger partial charge in [-0.1, -0.05) is 18.2 Å². The standard InChI is InChI=1S/C16H16N4O3S2/c21-14-6-2-1-5-13(14)19-8-10-20(11-9-19)25(22,23)15-7-3-4-12-16(15)18-24-17-12/h1-7,21H,8-11H2. The summed E-state index contributed by atoms with van der Waals surface area (Å²) in [6.45, 7) is 1.74. The molecule has 0 bridgehead atoms. The number of para-hydroxylation sites is 2. The van der Waals surface area contributed by atoms with Gasteiger partial charge in [-0.05, 0) is 24.3 Å². The highest BCUT2D eigenvalue weighted by Gasteiger charge is 2.31. The number of phenols is 1. The van der Waals surface area contributed by atoms with Gasteiger partial charge in [0.25, 0.3) is 0 Å². The minimum atomic E-state index is -3.63. The minimum absolute atomic E-state index is 0.203. The molecule has 9 heteroatoms. The van der Waals surface area contributed by atoms with Crippen LogP contribution in [0.25, 0.3) is 11.0 Å². The van der Waals surface area contributed by atoms with Gasteiger partial charge in [-0.2, -0.15) is 13.1 Å². The summed E-state index contributed by atoms with van der Waals surface area (Å²) in [6.07, 6.45) is 0. The van der Waals surface area contributed by atoms with Crippen LogP contribution in [0.4, 0.5) is 5.69 Å². The molecule has 1 aromatic heterocycles. The minimum Gasteiger partial charge on any atom is -0.506 e. The molecule has 2 aromatic carbocycles. The Balaban J connectivity index is 1.58. The predicted octanol–water partition coefficient (Wildman–Crippen LogP) is 1.91. The van der Waals surface area contributed by atoms with E-state index in [1.807, 2.05) is 17.0 Å². The van der Waals surface area contributed by atoms with Crippen molar-refractivity contribution >= 4 is 38.5 Å². The Morgan fingerprint density at radius 2 is 1.72 bits per heavy atom. The highest BCUT2D eigenvalue weighted by molar-refractivity contribution is 7.89. The SMILES string of the molecule is O=S(=O)(c1cccc2nsnc12)N1CCN(c2ccccc2O)CC1. The molecule has 0 amide bonds. The van der Waals surface area contributed by atoms with Gasteiger partial charge in [0, 0.05) is 26.2 Å². The number of sulfonamides is 1. The number of benzene rings is 2. The second kappa shape index (κ2) is 6.25. The van der Waals surface area contributed by atoms with Gasteiger partial charge in [0.05, 0.1) is 17.4 Å². The van der Waals surface area contributed by atoms with Crippen molar-refractivity contribution in [1.29, 1.82) is 0 Å². The van der Waals surface area contributed by atoms with Gasteiger partial charge < -0.3 is 10.0 Å². The Kier molecular flexibility index (Phi) is 4.06. The summed E-state index contributed by atoms with van der Waals surface area (Å²) >= 11 is 1.01. The van der Waals surface area contributed by atoms with Gasteiger partial charge in [0.2, 0.25) is 10.0 Å². The highest BCUT2D eigenvalue weighted by atomic mass is 32.2. The lowest BCUT2D eigenvalue weighted by molar-refractivity contribution is 0.382. The molecule has 2 heterocycles. The number of hydrogen-bond donors (Lipinski definition) is 1. The first kappa shape index (κ1) is 16.2. The summed E-state index contributed by atoms with van der Waals surface area (Å²) in [5.41, 5.74) is 1.75. The molecule has 7 nitrogen and oxygen atoms in total. The largest absolute Gasteiger partial charge is 0.506 e. The quantitative estimate of drug-likeness (QED) is 0.751. The molecule has 1 N–H and O–H groups in total. The van der Waals surface area contributed by atoms with E-state index in [9.17, 15) is 13.5 Å². The Bertz CT molecular complexity index is 1010. The molecule has 0 atom stereocenters. The van der Waals surface area contributed by atoms with Gasteiger partial charge in [-0.3, -0.25) is 0 Å². The molecule has 1 fully saturated rings. The molecule has 0 radical (unpaired) electrons. The van der Waals surface area contributed by atoms with Gasteiger partial charge in [-0.25, -0.2) is 8.42 Å². The lowest BCUT2D eigenvalue weighted by Gasteiger charge is -2.35. The van der Waals surface area contributed by atoms with Crippen LogP contribution in [0.5, 0.6) is 5.75 Å². The zero-order valence-corrected chi connectivity index (χ0v) is 14.9. The normalized spacial score (nSPS) is 16.4.